The van der Waals surface area contributed by atoms with Crippen molar-refractivity contribution in [1.29, 1.82) is 0 Å². The van der Waals surface area contributed by atoms with Crippen LogP contribution in [0.15, 0.2) is 4.79 Å². The van der Waals surface area contributed by atoms with Gasteiger partial charge in [-0.25, -0.2) is 9.59 Å². The van der Waals surface area contributed by atoms with Gasteiger partial charge >= 0.3 is 11.7 Å². The maximum absolute atomic E-state index is 10.8. The normalized spacial score (nSPS) is 9.75. The van der Waals surface area contributed by atoms with Gasteiger partial charge in [0.25, 0.3) is 5.78 Å². The molecular formula is C6H6N2O4. The highest BCUT2D eigenvalue weighted by Crippen LogP contribution is 1.98. The molecule has 0 radical (unpaired) electrons. The number of Topliss-reactive ketones (excluding diaryl/α,β-unsaturated/α-hetero) is 1. The highest BCUT2D eigenvalue weighted by Gasteiger charge is 2.18. The van der Waals surface area contributed by atoms with Gasteiger partial charge in [-0.1, -0.05) is 0 Å². The Balaban J connectivity index is 3.19. The molecule has 3 N–H and O–H groups in total. The summed E-state index contributed by atoms with van der Waals surface area (Å²) in [6.07, 6.45) is 0. The molecule has 1 aromatic rings. The summed E-state index contributed by atoms with van der Waals surface area (Å²) in [4.78, 5) is 35.9. The molecule has 0 aliphatic rings. The van der Waals surface area contributed by atoms with Crippen molar-refractivity contribution in [3.05, 3.63) is 21.9 Å². The fourth-order valence-electron chi connectivity index (χ4n) is 0.805. The largest absolute Gasteiger partial charge is 0.475 e. The lowest BCUT2D eigenvalue weighted by Crippen LogP contribution is -2.15. The Kier molecular flexibility index (Phi) is 1.82. The van der Waals surface area contributed by atoms with E-state index in [4.69, 9.17) is 5.11 Å². The minimum Gasteiger partial charge on any atom is -0.475 e. The number of aryl methyl sites for hydroxylation is 1. The number of carboxylic acids is 1. The average molecular weight is 170 g/mol. The fraction of sp³-hybridized carbons (Fsp3) is 0.167. The van der Waals surface area contributed by atoms with Crippen LogP contribution in [0.2, 0.25) is 0 Å². The van der Waals surface area contributed by atoms with Gasteiger partial charge in [-0.2, -0.15) is 0 Å². The molecule has 0 bridgehead atoms. The molecule has 6 heteroatoms. The third-order valence-electron chi connectivity index (χ3n) is 1.34. The van der Waals surface area contributed by atoms with E-state index in [-0.39, 0.29) is 11.4 Å². The molecular weight excluding hydrogens is 164 g/mol. The van der Waals surface area contributed by atoms with E-state index in [1.165, 1.54) is 6.92 Å². The zero-order chi connectivity index (χ0) is 9.30. The van der Waals surface area contributed by atoms with E-state index >= 15 is 0 Å². The first kappa shape index (κ1) is 8.25. The summed E-state index contributed by atoms with van der Waals surface area (Å²) in [5, 5.41) is 8.28. The summed E-state index contributed by atoms with van der Waals surface area (Å²) in [5.41, 5.74) is -0.558. The van der Waals surface area contributed by atoms with Crippen molar-refractivity contribution in [3.8, 4) is 0 Å². The standard InChI is InChI=1S/C6H6N2O4/c1-2-3(4(9)5(10)11)8-6(12)7-2/h1H3,(H,10,11)(H2,7,8,12). The number of hydrogen-bond donors (Lipinski definition) is 3. The van der Waals surface area contributed by atoms with Crippen LogP contribution in [-0.4, -0.2) is 26.8 Å². The van der Waals surface area contributed by atoms with Crippen molar-refractivity contribution in [2.24, 2.45) is 0 Å². The first-order valence-electron chi connectivity index (χ1n) is 3.09. The smallest absolute Gasteiger partial charge is 0.378 e. The average Bonchev–Trinajstić information content (AvgIpc) is 2.28. The Morgan fingerprint density at radius 1 is 1.33 bits per heavy atom. The topological polar surface area (TPSA) is 103 Å². The van der Waals surface area contributed by atoms with Gasteiger partial charge in [0.2, 0.25) is 0 Å². The molecule has 0 unspecified atom stereocenters. The Morgan fingerprint density at radius 2 is 1.92 bits per heavy atom. The first-order chi connectivity index (χ1) is 5.52. The lowest BCUT2D eigenvalue weighted by Gasteiger charge is -1.90. The third kappa shape index (κ3) is 1.26. The lowest BCUT2D eigenvalue weighted by molar-refractivity contribution is -0.131. The van der Waals surface area contributed by atoms with E-state index in [0.717, 1.165) is 0 Å². The summed E-state index contributed by atoms with van der Waals surface area (Å²) in [7, 11) is 0. The quantitative estimate of drug-likeness (QED) is 0.402. The fourth-order valence-corrected chi connectivity index (χ4v) is 0.805. The van der Waals surface area contributed by atoms with E-state index in [1.54, 1.807) is 0 Å². The molecule has 1 rings (SSSR count). The van der Waals surface area contributed by atoms with Gasteiger partial charge in [0.15, 0.2) is 0 Å². The maximum atomic E-state index is 10.8. The Bertz CT molecular complexity index is 386. The zero-order valence-electron chi connectivity index (χ0n) is 6.17. The van der Waals surface area contributed by atoms with Gasteiger partial charge in [-0.05, 0) is 6.92 Å². The number of aromatic amines is 2. The second-order valence-corrected chi connectivity index (χ2v) is 2.21. The van der Waals surface area contributed by atoms with E-state index in [0.29, 0.717) is 0 Å². The first-order valence-corrected chi connectivity index (χ1v) is 3.09. The van der Waals surface area contributed by atoms with E-state index in [9.17, 15) is 14.4 Å². The summed E-state index contributed by atoms with van der Waals surface area (Å²) in [6.45, 7) is 1.44. The predicted octanol–water partition coefficient (Wildman–Crippen LogP) is -0.721. The Hall–Kier alpha value is -1.85. The van der Waals surface area contributed by atoms with Gasteiger partial charge in [-0.15, -0.1) is 0 Å². The lowest BCUT2D eigenvalue weighted by atomic mass is 10.2. The molecule has 0 atom stereocenters. The second kappa shape index (κ2) is 2.65. The SMILES string of the molecule is Cc1[nH]c(=O)[nH]c1C(=O)C(=O)O. The molecule has 0 aromatic carbocycles. The van der Waals surface area contributed by atoms with E-state index < -0.39 is 17.4 Å². The van der Waals surface area contributed by atoms with Crippen LogP contribution < -0.4 is 5.69 Å². The van der Waals surface area contributed by atoms with E-state index in [2.05, 4.69) is 9.97 Å². The summed E-state index contributed by atoms with van der Waals surface area (Å²) in [5.74, 6) is -2.71. The number of imidazole rings is 1. The molecule has 12 heavy (non-hydrogen) atoms. The number of carbonyl (C=O) groups excluding carboxylic acids is 1. The molecule has 1 heterocycles. The maximum Gasteiger partial charge on any atom is 0.378 e. The van der Waals surface area contributed by atoms with Crippen LogP contribution in [0.4, 0.5) is 0 Å². The molecule has 0 spiro atoms. The summed E-state index contributed by atoms with van der Waals surface area (Å²) >= 11 is 0. The molecule has 0 saturated carbocycles. The van der Waals surface area contributed by atoms with Crippen LogP contribution in [0.5, 0.6) is 0 Å². The molecule has 6 nitrogen and oxygen atoms in total. The number of ketones is 1. The number of aliphatic carboxylic acids is 1. The van der Waals surface area contributed by atoms with Crippen LogP contribution in [0.25, 0.3) is 0 Å². The van der Waals surface area contributed by atoms with Gasteiger partial charge in [-0.3, -0.25) is 4.79 Å². The number of rotatable bonds is 2. The van der Waals surface area contributed by atoms with Gasteiger partial charge in [0.1, 0.15) is 5.69 Å². The van der Waals surface area contributed by atoms with Crippen LogP contribution in [0, 0.1) is 6.92 Å². The monoisotopic (exact) mass is 170 g/mol. The minimum atomic E-state index is -1.59. The van der Waals surface area contributed by atoms with Gasteiger partial charge in [0, 0.05) is 5.69 Å². The summed E-state index contributed by atoms with van der Waals surface area (Å²) in [6, 6.07) is 0. The van der Waals surface area contributed by atoms with Crippen molar-refractivity contribution in [2.75, 3.05) is 0 Å². The van der Waals surface area contributed by atoms with E-state index in [1.807, 2.05) is 0 Å². The molecule has 0 saturated heterocycles. The second-order valence-electron chi connectivity index (χ2n) is 2.21. The molecule has 0 fully saturated rings. The number of hydrogen-bond acceptors (Lipinski definition) is 3. The van der Waals surface area contributed by atoms with Crippen molar-refractivity contribution in [2.45, 2.75) is 6.92 Å². The highest BCUT2D eigenvalue weighted by atomic mass is 16.4. The number of aromatic nitrogens is 2. The van der Waals surface area contributed by atoms with Crippen molar-refractivity contribution < 1.29 is 14.7 Å². The van der Waals surface area contributed by atoms with Gasteiger partial charge in [0.05, 0.1) is 0 Å². The molecule has 0 aliphatic heterocycles. The zero-order valence-corrected chi connectivity index (χ0v) is 6.17. The van der Waals surface area contributed by atoms with Crippen molar-refractivity contribution in [1.82, 2.24) is 9.97 Å². The number of nitrogens with one attached hydrogen (secondary N) is 2. The predicted molar refractivity (Wildman–Crippen MR) is 38.1 cm³/mol. The number of carboxylic acid groups (broad SMARTS) is 1. The van der Waals surface area contributed by atoms with Crippen LogP contribution >= 0.6 is 0 Å². The Morgan fingerprint density at radius 3 is 2.25 bits per heavy atom. The third-order valence-corrected chi connectivity index (χ3v) is 1.34. The molecule has 0 aliphatic carbocycles. The Labute approximate surface area is 66.2 Å². The van der Waals surface area contributed by atoms with Crippen molar-refractivity contribution in [3.63, 3.8) is 0 Å². The van der Waals surface area contributed by atoms with Gasteiger partial charge < -0.3 is 15.1 Å². The number of carbonyl (C=O) groups is 2. The van der Waals surface area contributed by atoms with Crippen LogP contribution in [-0.2, 0) is 4.79 Å². The molecule has 1 aromatic heterocycles. The number of H-pyrrole nitrogens is 2. The molecule has 0 amide bonds. The minimum absolute atomic E-state index is 0.201. The van der Waals surface area contributed by atoms with Crippen LogP contribution in [0.1, 0.15) is 16.2 Å². The summed E-state index contributed by atoms with van der Waals surface area (Å²) < 4.78 is 0. The highest BCUT2D eigenvalue weighted by molar-refractivity contribution is 6.39. The van der Waals surface area contributed by atoms with Crippen LogP contribution in [0.3, 0.4) is 0 Å². The van der Waals surface area contributed by atoms with Crippen molar-refractivity contribution >= 4 is 11.8 Å². The molecule has 64 valence electrons.